The number of carbonyl (C=O) groups excluding carboxylic acids is 1. The SMILES string of the molecule is Cc1cc([N+](=O)[O-])c(Cl)cc1NC(=O)c1ccc(-c2cccc(Cl)c2)o1. The maximum atomic E-state index is 12.4. The number of nitrogens with one attached hydrogen (secondary N) is 1. The molecule has 0 unspecified atom stereocenters. The van der Waals surface area contributed by atoms with E-state index >= 15 is 0 Å². The molecule has 0 aliphatic rings. The summed E-state index contributed by atoms with van der Waals surface area (Å²) in [5.74, 6) is 0.0938. The number of nitro groups is 1. The summed E-state index contributed by atoms with van der Waals surface area (Å²) in [5, 5.41) is 14.0. The summed E-state index contributed by atoms with van der Waals surface area (Å²) in [6.45, 7) is 1.64. The van der Waals surface area contributed by atoms with Gasteiger partial charge < -0.3 is 9.73 Å². The largest absolute Gasteiger partial charge is 0.451 e. The molecule has 3 aromatic rings. The molecule has 0 aliphatic carbocycles. The van der Waals surface area contributed by atoms with E-state index in [0.29, 0.717) is 22.0 Å². The molecule has 0 fully saturated rings. The predicted molar refractivity (Wildman–Crippen MR) is 100.0 cm³/mol. The zero-order chi connectivity index (χ0) is 18.8. The second-order valence-electron chi connectivity index (χ2n) is 5.50. The first kappa shape index (κ1) is 18.0. The highest BCUT2D eigenvalue weighted by molar-refractivity contribution is 6.33. The van der Waals surface area contributed by atoms with Crippen LogP contribution in [-0.4, -0.2) is 10.8 Å². The van der Waals surface area contributed by atoms with Gasteiger partial charge in [-0.1, -0.05) is 35.3 Å². The molecule has 2 aromatic carbocycles. The van der Waals surface area contributed by atoms with Crippen molar-refractivity contribution in [3.8, 4) is 11.3 Å². The third kappa shape index (κ3) is 3.71. The van der Waals surface area contributed by atoms with Gasteiger partial charge in [-0.3, -0.25) is 14.9 Å². The fourth-order valence-electron chi connectivity index (χ4n) is 2.38. The Morgan fingerprint density at radius 3 is 2.62 bits per heavy atom. The summed E-state index contributed by atoms with van der Waals surface area (Å²) in [6, 6.07) is 12.9. The topological polar surface area (TPSA) is 85.4 Å². The standard InChI is InChI=1S/C18H12Cl2N2O4/c1-10-7-15(22(24)25)13(20)9-14(10)21-18(23)17-6-5-16(26-17)11-3-2-4-12(19)8-11/h2-9H,1H3,(H,21,23). The van der Waals surface area contributed by atoms with Crippen LogP contribution in [0.2, 0.25) is 10.0 Å². The van der Waals surface area contributed by atoms with Gasteiger partial charge in [-0.2, -0.15) is 0 Å². The van der Waals surface area contributed by atoms with Crippen LogP contribution in [0.15, 0.2) is 52.9 Å². The van der Waals surface area contributed by atoms with E-state index in [1.165, 1.54) is 18.2 Å². The average Bonchev–Trinajstić information content (AvgIpc) is 3.08. The summed E-state index contributed by atoms with van der Waals surface area (Å²) in [6.07, 6.45) is 0. The van der Waals surface area contributed by atoms with Crippen molar-refractivity contribution in [1.29, 1.82) is 0 Å². The van der Waals surface area contributed by atoms with Crippen LogP contribution in [0.25, 0.3) is 11.3 Å². The van der Waals surface area contributed by atoms with Gasteiger partial charge in [0.2, 0.25) is 0 Å². The Balaban J connectivity index is 1.83. The van der Waals surface area contributed by atoms with Crippen LogP contribution in [0.1, 0.15) is 16.1 Å². The molecule has 1 N–H and O–H groups in total. The third-order valence-electron chi connectivity index (χ3n) is 3.68. The molecule has 0 radical (unpaired) electrons. The van der Waals surface area contributed by atoms with E-state index in [0.717, 1.165) is 5.56 Å². The molecule has 0 spiro atoms. The number of nitro benzene ring substituents is 1. The number of benzene rings is 2. The summed E-state index contributed by atoms with van der Waals surface area (Å²) >= 11 is 11.9. The summed E-state index contributed by atoms with van der Waals surface area (Å²) < 4.78 is 5.58. The smallest absolute Gasteiger partial charge is 0.291 e. The van der Waals surface area contributed by atoms with Gasteiger partial charge in [0.1, 0.15) is 10.8 Å². The van der Waals surface area contributed by atoms with Gasteiger partial charge in [0.15, 0.2) is 5.76 Å². The van der Waals surface area contributed by atoms with E-state index in [4.69, 9.17) is 27.6 Å². The number of hydrogen-bond donors (Lipinski definition) is 1. The molecule has 3 rings (SSSR count). The van der Waals surface area contributed by atoms with E-state index in [-0.39, 0.29) is 16.5 Å². The maximum absolute atomic E-state index is 12.4. The Hall–Kier alpha value is -2.83. The van der Waals surface area contributed by atoms with Crippen LogP contribution in [0.5, 0.6) is 0 Å². The predicted octanol–water partition coefficient (Wildman–Crippen LogP) is 5.72. The number of amides is 1. The number of aryl methyl sites for hydroxylation is 1. The van der Waals surface area contributed by atoms with Crippen molar-refractivity contribution >= 4 is 40.5 Å². The highest BCUT2D eigenvalue weighted by Gasteiger charge is 2.18. The molecule has 6 nitrogen and oxygen atoms in total. The Bertz CT molecular complexity index is 1010. The lowest BCUT2D eigenvalue weighted by atomic mass is 10.1. The van der Waals surface area contributed by atoms with Gasteiger partial charge in [-0.15, -0.1) is 0 Å². The van der Waals surface area contributed by atoms with E-state index < -0.39 is 10.8 Å². The zero-order valence-electron chi connectivity index (χ0n) is 13.5. The van der Waals surface area contributed by atoms with E-state index in [1.54, 1.807) is 31.2 Å². The quantitative estimate of drug-likeness (QED) is 0.455. The molecule has 1 heterocycles. The minimum absolute atomic E-state index is 0.0602. The lowest BCUT2D eigenvalue weighted by Gasteiger charge is -2.08. The van der Waals surface area contributed by atoms with Crippen molar-refractivity contribution in [1.82, 2.24) is 0 Å². The molecule has 26 heavy (non-hydrogen) atoms. The number of halogens is 2. The number of rotatable bonds is 4. The van der Waals surface area contributed by atoms with Crippen LogP contribution in [0.4, 0.5) is 11.4 Å². The first-order valence-electron chi connectivity index (χ1n) is 7.47. The Morgan fingerprint density at radius 1 is 1.15 bits per heavy atom. The van der Waals surface area contributed by atoms with Gasteiger partial charge >= 0.3 is 0 Å². The van der Waals surface area contributed by atoms with E-state index in [2.05, 4.69) is 5.32 Å². The molecule has 0 saturated heterocycles. The highest BCUT2D eigenvalue weighted by atomic mass is 35.5. The lowest BCUT2D eigenvalue weighted by Crippen LogP contribution is -2.12. The van der Waals surface area contributed by atoms with Crippen molar-refractivity contribution in [2.24, 2.45) is 0 Å². The minimum Gasteiger partial charge on any atom is -0.451 e. The van der Waals surface area contributed by atoms with Gasteiger partial charge in [0, 0.05) is 22.3 Å². The highest BCUT2D eigenvalue weighted by Crippen LogP contribution is 2.31. The van der Waals surface area contributed by atoms with Crippen LogP contribution >= 0.6 is 23.2 Å². The number of carbonyl (C=O) groups is 1. The first-order chi connectivity index (χ1) is 12.3. The number of furan rings is 1. The second kappa shape index (κ2) is 7.19. The monoisotopic (exact) mass is 390 g/mol. The maximum Gasteiger partial charge on any atom is 0.291 e. The zero-order valence-corrected chi connectivity index (χ0v) is 15.0. The van der Waals surface area contributed by atoms with E-state index in [9.17, 15) is 14.9 Å². The van der Waals surface area contributed by atoms with Crippen molar-refractivity contribution in [2.45, 2.75) is 6.92 Å². The molecule has 132 valence electrons. The molecule has 0 bridgehead atoms. The molecule has 0 saturated carbocycles. The molecule has 1 aromatic heterocycles. The Morgan fingerprint density at radius 2 is 1.92 bits per heavy atom. The molecule has 1 amide bonds. The first-order valence-corrected chi connectivity index (χ1v) is 8.22. The number of hydrogen-bond acceptors (Lipinski definition) is 4. The van der Waals surface area contributed by atoms with Crippen LogP contribution in [0, 0.1) is 17.0 Å². The van der Waals surface area contributed by atoms with Gasteiger partial charge in [-0.05, 0) is 42.8 Å². The molecule has 8 heteroatoms. The number of nitrogens with zero attached hydrogens (tertiary/aromatic N) is 1. The Kier molecular flexibility index (Phi) is 4.97. The average molecular weight is 391 g/mol. The van der Waals surface area contributed by atoms with Crippen LogP contribution < -0.4 is 5.32 Å². The molecule has 0 atom stereocenters. The van der Waals surface area contributed by atoms with Crippen molar-refractivity contribution in [3.05, 3.63) is 80.0 Å². The van der Waals surface area contributed by atoms with Gasteiger partial charge in [0.25, 0.3) is 11.6 Å². The molecular weight excluding hydrogens is 379 g/mol. The summed E-state index contributed by atoms with van der Waals surface area (Å²) in [5.41, 5.74) is 1.40. The number of anilines is 1. The fourth-order valence-corrected chi connectivity index (χ4v) is 2.80. The van der Waals surface area contributed by atoms with Gasteiger partial charge in [0.05, 0.1) is 4.92 Å². The van der Waals surface area contributed by atoms with Crippen molar-refractivity contribution in [3.63, 3.8) is 0 Å². The lowest BCUT2D eigenvalue weighted by molar-refractivity contribution is -0.384. The minimum atomic E-state index is -0.579. The van der Waals surface area contributed by atoms with Crippen molar-refractivity contribution in [2.75, 3.05) is 5.32 Å². The fraction of sp³-hybridized carbons (Fsp3) is 0.0556. The summed E-state index contributed by atoms with van der Waals surface area (Å²) in [4.78, 5) is 22.7. The molecule has 0 aliphatic heterocycles. The summed E-state index contributed by atoms with van der Waals surface area (Å²) in [7, 11) is 0. The molecular formula is C18H12Cl2N2O4. The van der Waals surface area contributed by atoms with Crippen LogP contribution in [0.3, 0.4) is 0 Å². The normalized spacial score (nSPS) is 10.6. The van der Waals surface area contributed by atoms with Gasteiger partial charge in [-0.25, -0.2) is 0 Å². The van der Waals surface area contributed by atoms with Crippen LogP contribution in [-0.2, 0) is 0 Å². The van der Waals surface area contributed by atoms with E-state index in [1.807, 2.05) is 6.07 Å². The van der Waals surface area contributed by atoms with Crippen molar-refractivity contribution < 1.29 is 14.1 Å². The Labute approximate surface area is 158 Å². The third-order valence-corrected chi connectivity index (χ3v) is 4.22. The second-order valence-corrected chi connectivity index (χ2v) is 6.35.